The third kappa shape index (κ3) is 0.469. The van der Waals surface area contributed by atoms with E-state index in [2.05, 4.69) is 10.6 Å². The van der Waals surface area contributed by atoms with Crippen molar-refractivity contribution in [1.82, 2.24) is 10.6 Å². The molecule has 2 N–H and O–H groups in total. The van der Waals surface area contributed by atoms with Crippen LogP contribution in [-0.4, -0.2) is 19.1 Å². The Morgan fingerprint density at radius 1 is 1.57 bits per heavy atom. The summed E-state index contributed by atoms with van der Waals surface area (Å²) in [6.07, 6.45) is 1.28. The van der Waals surface area contributed by atoms with Gasteiger partial charge in [-0.15, -0.1) is 0 Å². The molecule has 1 atom stereocenters. The number of nitrogens with one attached hydrogen (secondary N) is 2. The number of hydrogen-bond donors (Lipinski definition) is 2. The van der Waals surface area contributed by atoms with E-state index in [0.717, 1.165) is 19.1 Å². The van der Waals surface area contributed by atoms with Crippen LogP contribution >= 0.6 is 0 Å². The second-order valence-corrected chi connectivity index (χ2v) is 2.27. The molecular weight excluding hydrogens is 88.1 g/mol. The highest BCUT2D eigenvalue weighted by atomic mass is 15.1. The molecule has 2 bridgehead atoms. The molecule has 2 saturated heterocycles. The smallest absolute Gasteiger partial charge is 0.0519 e. The zero-order chi connectivity index (χ0) is 4.69. The molecule has 0 aromatic carbocycles. The molecule has 7 heavy (non-hydrogen) atoms. The minimum Gasteiger partial charge on any atom is -0.311 e. The maximum Gasteiger partial charge on any atom is 0.0519 e. The molecule has 0 saturated carbocycles. The average Bonchev–Trinajstić information content (AvgIpc) is 2.22. The van der Waals surface area contributed by atoms with E-state index in [4.69, 9.17) is 0 Å². The number of piperazine rings is 1. The number of fused-ring (bicyclic) bond motifs is 2. The molecule has 0 aromatic rings. The summed E-state index contributed by atoms with van der Waals surface area (Å²) in [5, 5.41) is 6.67. The Morgan fingerprint density at radius 2 is 2.57 bits per heavy atom. The van der Waals surface area contributed by atoms with Crippen molar-refractivity contribution in [2.24, 2.45) is 0 Å². The highest BCUT2D eigenvalue weighted by Gasteiger charge is 2.30. The predicted molar refractivity (Wildman–Crippen MR) is 27.7 cm³/mol. The van der Waals surface area contributed by atoms with Crippen molar-refractivity contribution >= 4 is 0 Å². The molecule has 2 heterocycles. The van der Waals surface area contributed by atoms with Crippen LogP contribution in [0.5, 0.6) is 0 Å². The molecule has 1 radical (unpaired) electrons. The molecule has 2 fully saturated rings. The molecule has 2 nitrogen and oxygen atoms in total. The van der Waals surface area contributed by atoms with Crippen LogP contribution in [0.3, 0.4) is 0 Å². The van der Waals surface area contributed by atoms with E-state index in [-0.39, 0.29) is 0 Å². The second-order valence-electron chi connectivity index (χ2n) is 2.27. The SMILES string of the molecule is C1N[C@H]2CN[C]1C2. The van der Waals surface area contributed by atoms with E-state index in [9.17, 15) is 0 Å². The lowest BCUT2D eigenvalue weighted by Gasteiger charge is -2.09. The standard InChI is InChI=1S/C5H9N2/c1-4-2-6-5(1)3-7-4/h4,6-7H,1-3H2/t4-/m1/s1. The highest BCUT2D eigenvalue weighted by molar-refractivity contribution is 5.07. The van der Waals surface area contributed by atoms with Gasteiger partial charge in [0.1, 0.15) is 0 Å². The van der Waals surface area contributed by atoms with Crippen molar-refractivity contribution in [2.45, 2.75) is 12.5 Å². The minimum atomic E-state index is 0.773. The van der Waals surface area contributed by atoms with E-state index in [1.54, 1.807) is 0 Å². The van der Waals surface area contributed by atoms with Gasteiger partial charge in [-0.1, -0.05) is 0 Å². The van der Waals surface area contributed by atoms with Crippen molar-refractivity contribution in [2.75, 3.05) is 13.1 Å². The van der Waals surface area contributed by atoms with Gasteiger partial charge >= 0.3 is 0 Å². The molecule has 39 valence electrons. The quantitative estimate of drug-likeness (QED) is 0.425. The van der Waals surface area contributed by atoms with Gasteiger partial charge < -0.3 is 10.6 Å². The van der Waals surface area contributed by atoms with Gasteiger partial charge in [0.25, 0.3) is 0 Å². The van der Waals surface area contributed by atoms with E-state index in [0.29, 0.717) is 0 Å². The van der Waals surface area contributed by atoms with Crippen LogP contribution in [0.15, 0.2) is 0 Å². The van der Waals surface area contributed by atoms with Crippen molar-refractivity contribution in [3.8, 4) is 0 Å². The van der Waals surface area contributed by atoms with Crippen molar-refractivity contribution in [3.63, 3.8) is 0 Å². The maximum absolute atomic E-state index is 3.36. The largest absolute Gasteiger partial charge is 0.311 e. The first-order valence-electron chi connectivity index (χ1n) is 2.77. The third-order valence-electron chi connectivity index (χ3n) is 1.70. The summed E-state index contributed by atoms with van der Waals surface area (Å²) in [5.41, 5.74) is 0. The Bertz CT molecular complexity index is 64.1. The zero-order valence-corrected chi connectivity index (χ0v) is 4.20. The monoisotopic (exact) mass is 97.1 g/mol. The Balaban J connectivity index is 2.12. The van der Waals surface area contributed by atoms with Gasteiger partial charge in [0.15, 0.2) is 0 Å². The van der Waals surface area contributed by atoms with Crippen LogP contribution in [0, 0.1) is 6.04 Å². The van der Waals surface area contributed by atoms with Crippen LogP contribution < -0.4 is 10.6 Å². The first-order chi connectivity index (χ1) is 3.45. The summed E-state index contributed by atoms with van der Waals surface area (Å²) in [6.45, 7) is 2.28. The summed E-state index contributed by atoms with van der Waals surface area (Å²) < 4.78 is 0. The molecule has 2 aliphatic heterocycles. The zero-order valence-electron chi connectivity index (χ0n) is 4.20. The predicted octanol–water partition coefficient (Wildman–Crippen LogP) is -0.517. The van der Waals surface area contributed by atoms with Crippen LogP contribution in [0.4, 0.5) is 0 Å². The highest BCUT2D eigenvalue weighted by Crippen LogP contribution is 2.18. The maximum atomic E-state index is 3.36. The molecule has 2 heteroatoms. The third-order valence-corrected chi connectivity index (χ3v) is 1.70. The lowest BCUT2D eigenvalue weighted by Crippen LogP contribution is -2.36. The van der Waals surface area contributed by atoms with E-state index < -0.39 is 0 Å². The Labute approximate surface area is 43.3 Å². The molecule has 0 amide bonds. The lowest BCUT2D eigenvalue weighted by atomic mass is 10.3. The van der Waals surface area contributed by atoms with E-state index in [1.165, 1.54) is 12.5 Å². The molecule has 2 aliphatic rings. The fourth-order valence-corrected chi connectivity index (χ4v) is 1.26. The number of hydrogen-bond acceptors (Lipinski definition) is 2. The van der Waals surface area contributed by atoms with Gasteiger partial charge in [-0.05, 0) is 6.42 Å². The van der Waals surface area contributed by atoms with Crippen LogP contribution in [0.1, 0.15) is 6.42 Å². The van der Waals surface area contributed by atoms with Gasteiger partial charge in [0, 0.05) is 19.1 Å². The van der Waals surface area contributed by atoms with E-state index in [1.807, 2.05) is 0 Å². The summed E-state index contributed by atoms with van der Waals surface area (Å²) >= 11 is 0. The topological polar surface area (TPSA) is 24.1 Å². The summed E-state index contributed by atoms with van der Waals surface area (Å²) in [5.74, 6) is 0. The fraction of sp³-hybridized carbons (Fsp3) is 0.800. The molecule has 0 aliphatic carbocycles. The van der Waals surface area contributed by atoms with Gasteiger partial charge in [0.05, 0.1) is 6.04 Å². The Kier molecular flexibility index (Phi) is 0.664. The van der Waals surface area contributed by atoms with Crippen molar-refractivity contribution < 1.29 is 0 Å². The van der Waals surface area contributed by atoms with E-state index >= 15 is 0 Å². The number of rotatable bonds is 0. The summed E-state index contributed by atoms with van der Waals surface area (Å²) in [6, 6.07) is 2.28. The van der Waals surface area contributed by atoms with Gasteiger partial charge in [-0.25, -0.2) is 0 Å². The minimum absolute atomic E-state index is 0.773. The summed E-state index contributed by atoms with van der Waals surface area (Å²) in [4.78, 5) is 0. The molecule has 0 unspecified atom stereocenters. The van der Waals surface area contributed by atoms with Gasteiger partial charge in [-0.3, -0.25) is 0 Å². The van der Waals surface area contributed by atoms with Crippen LogP contribution in [0.2, 0.25) is 0 Å². The fourth-order valence-electron chi connectivity index (χ4n) is 1.26. The molecule has 2 rings (SSSR count). The Hall–Kier alpha value is -0.0800. The van der Waals surface area contributed by atoms with Crippen LogP contribution in [-0.2, 0) is 0 Å². The van der Waals surface area contributed by atoms with Crippen molar-refractivity contribution in [1.29, 1.82) is 0 Å². The van der Waals surface area contributed by atoms with Crippen molar-refractivity contribution in [3.05, 3.63) is 6.04 Å². The van der Waals surface area contributed by atoms with Crippen LogP contribution in [0.25, 0.3) is 0 Å². The summed E-state index contributed by atoms with van der Waals surface area (Å²) in [7, 11) is 0. The first kappa shape index (κ1) is 3.87. The first-order valence-corrected chi connectivity index (χ1v) is 2.77. The molecule has 0 spiro atoms. The Morgan fingerprint density at radius 3 is 2.71 bits per heavy atom. The van der Waals surface area contributed by atoms with Gasteiger partial charge in [-0.2, -0.15) is 0 Å². The molecule has 0 aromatic heterocycles. The normalized spacial score (nSPS) is 40.3. The average molecular weight is 97.1 g/mol. The second kappa shape index (κ2) is 1.20. The lowest BCUT2D eigenvalue weighted by molar-refractivity contribution is 0.572. The molecular formula is C5H9N2. The van der Waals surface area contributed by atoms with Gasteiger partial charge in [0.2, 0.25) is 0 Å².